The molecule has 2 amide bonds. The summed E-state index contributed by atoms with van der Waals surface area (Å²) in [6.45, 7) is 1.50. The summed E-state index contributed by atoms with van der Waals surface area (Å²) in [6, 6.07) is -0.0130. The molecule has 2 aliphatic carbocycles. The fourth-order valence-electron chi connectivity index (χ4n) is 3.62. The highest BCUT2D eigenvalue weighted by Crippen LogP contribution is 2.28. The molecule has 0 unspecified atom stereocenters. The molecule has 0 spiro atoms. The van der Waals surface area contributed by atoms with E-state index < -0.39 is 0 Å². The summed E-state index contributed by atoms with van der Waals surface area (Å²) in [5.74, 6) is 0.265. The molecule has 0 aliphatic heterocycles. The molecule has 2 saturated carbocycles. The molecule has 4 heteroatoms. The van der Waals surface area contributed by atoms with E-state index in [1.165, 1.54) is 45.4 Å². The van der Waals surface area contributed by atoms with Crippen molar-refractivity contribution in [3.8, 4) is 0 Å². The second-order valence-electron chi connectivity index (χ2n) is 6.42. The zero-order valence-corrected chi connectivity index (χ0v) is 12.6. The van der Waals surface area contributed by atoms with Crippen LogP contribution in [0.4, 0.5) is 0 Å². The Kier molecular flexibility index (Phi) is 5.86. The molecule has 2 N–H and O–H groups in total. The molecule has 0 aromatic carbocycles. The van der Waals surface area contributed by atoms with Crippen LogP contribution in [0.3, 0.4) is 0 Å². The Morgan fingerprint density at radius 3 is 2.00 bits per heavy atom. The van der Waals surface area contributed by atoms with Crippen molar-refractivity contribution in [3.63, 3.8) is 0 Å². The van der Waals surface area contributed by atoms with Crippen LogP contribution in [0, 0.1) is 5.92 Å². The average molecular weight is 280 g/mol. The summed E-state index contributed by atoms with van der Waals surface area (Å²) in [5.41, 5.74) is 0. The van der Waals surface area contributed by atoms with Gasteiger partial charge in [0.05, 0.1) is 0 Å². The maximum Gasteiger partial charge on any atom is 0.243 e. The Morgan fingerprint density at radius 2 is 1.45 bits per heavy atom. The second kappa shape index (κ2) is 7.65. The third kappa shape index (κ3) is 4.50. The quantitative estimate of drug-likeness (QED) is 0.777. The lowest BCUT2D eigenvalue weighted by atomic mass is 9.96. The lowest BCUT2D eigenvalue weighted by Gasteiger charge is -2.26. The molecule has 0 aromatic heterocycles. The highest BCUT2D eigenvalue weighted by Gasteiger charge is 2.32. The first-order valence-corrected chi connectivity index (χ1v) is 8.24. The highest BCUT2D eigenvalue weighted by molar-refractivity contribution is 5.87. The van der Waals surface area contributed by atoms with Crippen molar-refractivity contribution < 1.29 is 9.59 Å². The summed E-state index contributed by atoms with van der Waals surface area (Å²) in [5, 5.41) is 6.06. The largest absolute Gasteiger partial charge is 0.352 e. The summed E-state index contributed by atoms with van der Waals surface area (Å²) < 4.78 is 0. The van der Waals surface area contributed by atoms with E-state index in [1.807, 2.05) is 0 Å². The number of carbonyl (C=O) groups is 2. The average Bonchev–Trinajstić information content (AvgIpc) is 2.81. The van der Waals surface area contributed by atoms with Gasteiger partial charge in [-0.25, -0.2) is 0 Å². The molecular formula is C16H28N2O2. The summed E-state index contributed by atoms with van der Waals surface area (Å²) >= 11 is 0. The van der Waals surface area contributed by atoms with E-state index in [9.17, 15) is 9.59 Å². The molecule has 0 aromatic rings. The monoisotopic (exact) mass is 280 g/mol. The molecule has 1 atom stereocenters. The minimum Gasteiger partial charge on any atom is -0.352 e. The smallest absolute Gasteiger partial charge is 0.243 e. The van der Waals surface area contributed by atoms with E-state index in [4.69, 9.17) is 0 Å². The number of nitrogens with one attached hydrogen (secondary N) is 2. The zero-order chi connectivity index (χ0) is 14.4. The molecule has 2 fully saturated rings. The van der Waals surface area contributed by atoms with Gasteiger partial charge in [0.25, 0.3) is 0 Å². The van der Waals surface area contributed by atoms with Crippen molar-refractivity contribution >= 4 is 11.8 Å². The van der Waals surface area contributed by atoms with E-state index in [0.29, 0.717) is 12.0 Å². The van der Waals surface area contributed by atoms with E-state index >= 15 is 0 Å². The second-order valence-corrected chi connectivity index (χ2v) is 6.42. The van der Waals surface area contributed by atoms with Crippen LogP contribution in [0.25, 0.3) is 0 Å². The van der Waals surface area contributed by atoms with Gasteiger partial charge in [-0.2, -0.15) is 0 Å². The minimum atomic E-state index is -0.321. The Bertz CT molecular complexity index is 329. The Hall–Kier alpha value is -1.06. The molecule has 0 heterocycles. The topological polar surface area (TPSA) is 58.2 Å². The molecule has 20 heavy (non-hydrogen) atoms. The standard InChI is InChI=1S/C16H28N2O2/c1-12(19)17-15(13-8-6-7-9-13)16(20)18-14-10-4-2-3-5-11-14/h13-15H,2-11H2,1H3,(H,17,19)(H,18,20)/t15-/m0/s1. The van der Waals surface area contributed by atoms with Crippen LogP contribution >= 0.6 is 0 Å². The Morgan fingerprint density at radius 1 is 0.900 bits per heavy atom. The van der Waals surface area contributed by atoms with Gasteiger partial charge >= 0.3 is 0 Å². The van der Waals surface area contributed by atoms with Crippen molar-refractivity contribution in [2.75, 3.05) is 0 Å². The number of hydrogen-bond donors (Lipinski definition) is 2. The predicted octanol–water partition coefficient (Wildman–Crippen LogP) is 2.52. The third-order valence-electron chi connectivity index (χ3n) is 4.71. The molecule has 4 nitrogen and oxygen atoms in total. The SMILES string of the molecule is CC(=O)N[C@H](C(=O)NC1CCCCCC1)C1CCCC1. The summed E-state index contributed by atoms with van der Waals surface area (Å²) in [7, 11) is 0. The van der Waals surface area contributed by atoms with Gasteiger partial charge in [-0.1, -0.05) is 38.5 Å². The first-order valence-electron chi connectivity index (χ1n) is 8.24. The molecular weight excluding hydrogens is 252 g/mol. The fourth-order valence-corrected chi connectivity index (χ4v) is 3.62. The van der Waals surface area contributed by atoms with Crippen molar-refractivity contribution in [1.82, 2.24) is 10.6 Å². The molecule has 2 rings (SSSR count). The molecule has 2 aliphatic rings. The van der Waals surface area contributed by atoms with Crippen molar-refractivity contribution in [2.24, 2.45) is 5.92 Å². The van der Waals surface area contributed by atoms with Gasteiger partial charge in [0.1, 0.15) is 6.04 Å². The van der Waals surface area contributed by atoms with Crippen LogP contribution < -0.4 is 10.6 Å². The molecule has 0 bridgehead atoms. The number of amides is 2. The van der Waals surface area contributed by atoms with Crippen molar-refractivity contribution in [1.29, 1.82) is 0 Å². The number of carbonyl (C=O) groups excluding carboxylic acids is 2. The van der Waals surface area contributed by atoms with E-state index in [-0.39, 0.29) is 17.9 Å². The van der Waals surface area contributed by atoms with Gasteiger partial charge in [-0.05, 0) is 31.6 Å². The fraction of sp³-hybridized carbons (Fsp3) is 0.875. The minimum absolute atomic E-state index is 0.0407. The normalized spacial score (nSPS) is 23.1. The van der Waals surface area contributed by atoms with E-state index in [0.717, 1.165) is 25.7 Å². The van der Waals surface area contributed by atoms with Crippen LogP contribution in [0.1, 0.15) is 71.1 Å². The Labute approximate surface area is 122 Å². The zero-order valence-electron chi connectivity index (χ0n) is 12.6. The van der Waals surface area contributed by atoms with Gasteiger partial charge in [-0.15, -0.1) is 0 Å². The first kappa shape index (κ1) is 15.3. The maximum atomic E-state index is 12.5. The van der Waals surface area contributed by atoms with Crippen LogP contribution in [-0.2, 0) is 9.59 Å². The van der Waals surface area contributed by atoms with Crippen LogP contribution in [0.15, 0.2) is 0 Å². The van der Waals surface area contributed by atoms with Crippen LogP contribution in [0.5, 0.6) is 0 Å². The van der Waals surface area contributed by atoms with Gasteiger partial charge in [0.2, 0.25) is 11.8 Å². The number of hydrogen-bond acceptors (Lipinski definition) is 2. The van der Waals surface area contributed by atoms with Crippen LogP contribution in [-0.4, -0.2) is 23.9 Å². The van der Waals surface area contributed by atoms with Crippen molar-refractivity contribution in [3.05, 3.63) is 0 Å². The Balaban J connectivity index is 1.92. The lowest BCUT2D eigenvalue weighted by Crippen LogP contribution is -2.52. The molecule has 0 saturated heterocycles. The lowest BCUT2D eigenvalue weighted by molar-refractivity contribution is -0.130. The third-order valence-corrected chi connectivity index (χ3v) is 4.71. The maximum absolute atomic E-state index is 12.5. The van der Waals surface area contributed by atoms with Crippen molar-refractivity contribution in [2.45, 2.75) is 83.2 Å². The summed E-state index contributed by atoms with van der Waals surface area (Å²) in [6.07, 6.45) is 11.6. The van der Waals surface area contributed by atoms with Gasteiger partial charge < -0.3 is 10.6 Å². The van der Waals surface area contributed by atoms with E-state index in [2.05, 4.69) is 10.6 Å². The van der Waals surface area contributed by atoms with E-state index in [1.54, 1.807) is 0 Å². The first-order chi connectivity index (χ1) is 9.66. The predicted molar refractivity (Wildman–Crippen MR) is 79.2 cm³/mol. The highest BCUT2D eigenvalue weighted by atomic mass is 16.2. The molecule has 0 radical (unpaired) electrons. The van der Waals surface area contributed by atoms with Gasteiger partial charge in [-0.3, -0.25) is 9.59 Å². The van der Waals surface area contributed by atoms with Gasteiger partial charge in [0.15, 0.2) is 0 Å². The van der Waals surface area contributed by atoms with Crippen LogP contribution in [0.2, 0.25) is 0 Å². The molecule has 114 valence electrons. The summed E-state index contributed by atoms with van der Waals surface area (Å²) in [4.78, 5) is 23.9. The van der Waals surface area contributed by atoms with Gasteiger partial charge in [0, 0.05) is 13.0 Å². The number of rotatable bonds is 4.